The molecule has 4 rings (SSSR count). The number of para-hydroxylation sites is 2. The van der Waals surface area contributed by atoms with Gasteiger partial charge in [-0.25, -0.2) is 0 Å². The van der Waals surface area contributed by atoms with Crippen LogP contribution in [-0.2, 0) is 16.1 Å². The van der Waals surface area contributed by atoms with E-state index in [9.17, 15) is 4.79 Å². The van der Waals surface area contributed by atoms with Crippen LogP contribution in [0.15, 0.2) is 65.8 Å². The number of carbonyl (C=O) groups is 1. The molecule has 0 atom stereocenters. The minimum Gasteiger partial charge on any atom is -0.486 e. The van der Waals surface area contributed by atoms with E-state index in [2.05, 4.69) is 10.2 Å². The lowest BCUT2D eigenvalue weighted by Crippen LogP contribution is -2.22. The van der Waals surface area contributed by atoms with Crippen molar-refractivity contribution in [2.24, 2.45) is 0 Å². The van der Waals surface area contributed by atoms with E-state index in [-0.39, 0.29) is 24.4 Å². The molecule has 0 amide bonds. The van der Waals surface area contributed by atoms with Gasteiger partial charge >= 0.3 is 5.97 Å². The molecule has 1 aromatic heterocycles. The largest absolute Gasteiger partial charge is 0.486 e. The Morgan fingerprint density at radius 3 is 2.40 bits per heavy atom. The quantitative estimate of drug-likeness (QED) is 0.382. The first-order chi connectivity index (χ1) is 14.8. The van der Waals surface area contributed by atoms with Crippen LogP contribution in [0.25, 0.3) is 5.69 Å². The van der Waals surface area contributed by atoms with Crippen molar-refractivity contribution in [1.29, 1.82) is 0 Å². The second-order valence-electron chi connectivity index (χ2n) is 7.21. The van der Waals surface area contributed by atoms with Crippen molar-refractivity contribution in [2.75, 3.05) is 5.75 Å². The second kappa shape index (κ2) is 10.3. The number of aromatic nitrogens is 3. The highest BCUT2D eigenvalue weighted by Gasteiger charge is 2.20. The number of hydrogen-bond acceptors (Lipinski definition) is 6. The molecule has 1 fully saturated rings. The lowest BCUT2D eigenvalue weighted by atomic mass is 9.98. The molecule has 1 aliphatic carbocycles. The predicted octanol–water partition coefficient (Wildman–Crippen LogP) is 4.81. The van der Waals surface area contributed by atoms with Crippen LogP contribution in [-0.4, -0.2) is 32.6 Å². The number of carbonyl (C=O) groups excluding carboxylic acids is 1. The molecule has 156 valence electrons. The molecule has 0 radical (unpaired) electrons. The maximum Gasteiger partial charge on any atom is 0.316 e. The maximum atomic E-state index is 12.3. The molecule has 0 unspecified atom stereocenters. The maximum absolute atomic E-state index is 12.3. The van der Waals surface area contributed by atoms with E-state index in [1.165, 1.54) is 18.2 Å². The van der Waals surface area contributed by atoms with Gasteiger partial charge in [-0.3, -0.25) is 9.36 Å². The van der Waals surface area contributed by atoms with E-state index >= 15 is 0 Å². The van der Waals surface area contributed by atoms with Crippen molar-refractivity contribution < 1.29 is 14.3 Å². The summed E-state index contributed by atoms with van der Waals surface area (Å²) in [7, 11) is 0. The summed E-state index contributed by atoms with van der Waals surface area (Å²) in [6.45, 7) is 0.277. The monoisotopic (exact) mass is 423 g/mol. The number of hydrogen-bond donors (Lipinski definition) is 0. The van der Waals surface area contributed by atoms with E-state index in [1.807, 2.05) is 65.2 Å². The summed E-state index contributed by atoms with van der Waals surface area (Å²) in [5, 5.41) is 9.27. The van der Waals surface area contributed by atoms with Crippen molar-refractivity contribution in [1.82, 2.24) is 14.8 Å². The van der Waals surface area contributed by atoms with Crippen LogP contribution in [0.3, 0.4) is 0 Å². The van der Waals surface area contributed by atoms with Crippen LogP contribution in [0, 0.1) is 0 Å². The van der Waals surface area contributed by atoms with Gasteiger partial charge in [0.15, 0.2) is 11.0 Å². The zero-order valence-corrected chi connectivity index (χ0v) is 17.6. The normalized spacial score (nSPS) is 14.4. The highest BCUT2D eigenvalue weighted by molar-refractivity contribution is 7.99. The van der Waals surface area contributed by atoms with E-state index < -0.39 is 0 Å². The molecule has 1 saturated carbocycles. The second-order valence-corrected chi connectivity index (χ2v) is 8.15. The van der Waals surface area contributed by atoms with Crippen molar-refractivity contribution in [2.45, 2.75) is 50.0 Å². The van der Waals surface area contributed by atoms with Gasteiger partial charge in [0.1, 0.15) is 18.5 Å². The highest BCUT2D eigenvalue weighted by atomic mass is 32.2. The Balaban J connectivity index is 1.45. The summed E-state index contributed by atoms with van der Waals surface area (Å²) in [5.41, 5.74) is 0.928. The molecule has 0 bridgehead atoms. The minimum absolute atomic E-state index is 0.0636. The van der Waals surface area contributed by atoms with Gasteiger partial charge in [0, 0.05) is 5.69 Å². The number of ether oxygens (including phenoxy) is 2. The Morgan fingerprint density at radius 1 is 0.967 bits per heavy atom. The van der Waals surface area contributed by atoms with Gasteiger partial charge < -0.3 is 9.47 Å². The van der Waals surface area contributed by atoms with Crippen molar-refractivity contribution in [3.63, 3.8) is 0 Å². The highest BCUT2D eigenvalue weighted by Crippen LogP contribution is 2.25. The van der Waals surface area contributed by atoms with E-state index in [0.29, 0.717) is 11.0 Å². The van der Waals surface area contributed by atoms with Crippen molar-refractivity contribution >= 4 is 17.7 Å². The Kier molecular flexibility index (Phi) is 7.03. The summed E-state index contributed by atoms with van der Waals surface area (Å²) < 4.78 is 13.4. The SMILES string of the molecule is O=C(CSc1nnc(COc2ccccc2)n1-c1ccccc1)OC1CCCCC1. The van der Waals surface area contributed by atoms with Gasteiger partial charge in [-0.15, -0.1) is 10.2 Å². The third-order valence-corrected chi connectivity index (χ3v) is 5.90. The topological polar surface area (TPSA) is 66.2 Å². The van der Waals surface area contributed by atoms with Gasteiger partial charge in [-0.1, -0.05) is 54.6 Å². The molecule has 1 heterocycles. The fourth-order valence-corrected chi connectivity index (χ4v) is 4.27. The molecule has 3 aromatic rings. The van der Waals surface area contributed by atoms with Crippen LogP contribution < -0.4 is 4.74 Å². The third-order valence-electron chi connectivity index (χ3n) is 5.00. The molecular formula is C23H25N3O3S. The van der Waals surface area contributed by atoms with Gasteiger partial charge in [0.05, 0.1) is 5.75 Å². The van der Waals surface area contributed by atoms with Gasteiger partial charge in [0.2, 0.25) is 0 Å². The van der Waals surface area contributed by atoms with Crippen LogP contribution >= 0.6 is 11.8 Å². The fraction of sp³-hybridized carbons (Fsp3) is 0.348. The lowest BCUT2D eigenvalue weighted by molar-refractivity contribution is -0.147. The van der Waals surface area contributed by atoms with E-state index in [1.54, 1.807) is 0 Å². The molecule has 6 nitrogen and oxygen atoms in total. The van der Waals surface area contributed by atoms with Gasteiger partial charge in [0.25, 0.3) is 0 Å². The smallest absolute Gasteiger partial charge is 0.316 e. The number of nitrogens with zero attached hydrogens (tertiary/aromatic N) is 3. The minimum atomic E-state index is -0.198. The summed E-state index contributed by atoms with van der Waals surface area (Å²) in [6, 6.07) is 19.5. The Hall–Kier alpha value is -2.80. The van der Waals surface area contributed by atoms with Gasteiger partial charge in [-0.05, 0) is 49.9 Å². The first-order valence-corrected chi connectivity index (χ1v) is 11.3. The molecule has 7 heteroatoms. The van der Waals surface area contributed by atoms with Crippen LogP contribution in [0.5, 0.6) is 5.75 Å². The average Bonchev–Trinajstić information content (AvgIpc) is 3.21. The third kappa shape index (κ3) is 5.42. The molecule has 2 aromatic carbocycles. The first kappa shape index (κ1) is 20.5. The molecule has 30 heavy (non-hydrogen) atoms. The number of esters is 1. The van der Waals surface area contributed by atoms with Crippen LogP contribution in [0.2, 0.25) is 0 Å². The van der Waals surface area contributed by atoms with E-state index in [4.69, 9.17) is 9.47 Å². The zero-order chi connectivity index (χ0) is 20.6. The summed E-state index contributed by atoms with van der Waals surface area (Å²) in [5.74, 6) is 1.45. The van der Waals surface area contributed by atoms with Crippen LogP contribution in [0.1, 0.15) is 37.9 Å². The summed E-state index contributed by atoms with van der Waals surface area (Å²) >= 11 is 1.34. The molecule has 0 aliphatic heterocycles. The first-order valence-electron chi connectivity index (χ1n) is 10.3. The Bertz CT molecular complexity index is 941. The summed E-state index contributed by atoms with van der Waals surface area (Å²) in [4.78, 5) is 12.3. The van der Waals surface area contributed by atoms with Crippen molar-refractivity contribution in [3.05, 3.63) is 66.5 Å². The standard InChI is InChI=1S/C23H25N3O3S/c27-22(29-20-14-8-3-9-15-20)17-30-23-25-24-21(16-28-19-12-6-2-7-13-19)26(23)18-10-4-1-5-11-18/h1-2,4-7,10-13,20H,3,8-9,14-17H2. The Labute approximate surface area is 180 Å². The zero-order valence-electron chi connectivity index (χ0n) is 16.8. The van der Waals surface area contributed by atoms with Gasteiger partial charge in [-0.2, -0.15) is 0 Å². The molecule has 0 N–H and O–H groups in total. The lowest BCUT2D eigenvalue weighted by Gasteiger charge is -2.21. The van der Waals surface area contributed by atoms with E-state index in [0.717, 1.165) is 37.1 Å². The number of benzene rings is 2. The predicted molar refractivity (Wildman–Crippen MR) is 116 cm³/mol. The average molecular weight is 424 g/mol. The molecule has 1 aliphatic rings. The van der Waals surface area contributed by atoms with Crippen LogP contribution in [0.4, 0.5) is 0 Å². The molecule has 0 spiro atoms. The molecule has 0 saturated heterocycles. The summed E-state index contributed by atoms with van der Waals surface area (Å²) in [6.07, 6.45) is 5.51. The number of rotatable bonds is 8. The molecular weight excluding hydrogens is 398 g/mol. The Morgan fingerprint density at radius 2 is 1.67 bits per heavy atom. The number of thioether (sulfide) groups is 1. The fourth-order valence-electron chi connectivity index (χ4n) is 3.51. The van der Waals surface area contributed by atoms with Crippen molar-refractivity contribution in [3.8, 4) is 11.4 Å².